The number of aliphatic carboxylic acids is 1. The molecule has 4 fully saturated rings. The minimum atomic E-state index is -0.959. The summed E-state index contributed by atoms with van der Waals surface area (Å²) in [6, 6.07) is 0. The number of hydrogen-bond donors (Lipinski definition) is 1. The third kappa shape index (κ3) is 1.57. The first-order valence-electron chi connectivity index (χ1n) is 6.38. The Hall–Kier alpha value is -0.860. The normalized spacial score (nSPS) is 44.6. The summed E-state index contributed by atoms with van der Waals surface area (Å²) in [5, 5.41) is 8.72. The van der Waals surface area contributed by atoms with Crippen LogP contribution >= 0.6 is 0 Å². The Morgan fingerprint density at radius 3 is 1.88 bits per heavy atom. The molecule has 4 rings (SSSR count). The van der Waals surface area contributed by atoms with Crippen LogP contribution in [-0.2, 0) is 9.59 Å². The lowest BCUT2D eigenvalue weighted by atomic mass is 9.51. The molecule has 0 heterocycles. The van der Waals surface area contributed by atoms with Crippen LogP contribution in [0.25, 0.3) is 0 Å². The largest absolute Gasteiger partial charge is 0.481 e. The summed E-state index contributed by atoms with van der Waals surface area (Å²) >= 11 is 0. The van der Waals surface area contributed by atoms with Gasteiger partial charge >= 0.3 is 5.97 Å². The van der Waals surface area contributed by atoms with Gasteiger partial charge in [0.05, 0.1) is 0 Å². The second-order valence-corrected chi connectivity index (χ2v) is 5.99. The van der Waals surface area contributed by atoms with Crippen LogP contribution < -0.4 is 0 Å². The topological polar surface area (TPSA) is 54.4 Å². The first kappa shape index (κ1) is 10.3. The molecule has 4 aliphatic carbocycles. The zero-order chi connectivity index (χ0) is 11.3. The molecular weight excluding hydrogens is 204 g/mol. The number of carboxylic acid groups (broad SMARTS) is 1. The maximum Gasteiger partial charge on any atom is 0.310 e. The Labute approximate surface area is 95.2 Å². The fourth-order valence-electron chi connectivity index (χ4n) is 4.72. The molecule has 0 aromatic heterocycles. The van der Waals surface area contributed by atoms with Gasteiger partial charge in [-0.1, -0.05) is 0 Å². The van der Waals surface area contributed by atoms with E-state index in [2.05, 4.69) is 0 Å². The lowest BCUT2D eigenvalue weighted by Crippen LogP contribution is -2.48. The van der Waals surface area contributed by atoms with Crippen LogP contribution in [0.5, 0.6) is 0 Å². The molecule has 0 saturated heterocycles. The summed E-state index contributed by atoms with van der Waals surface area (Å²) in [5.41, 5.74) is 0. The van der Waals surface area contributed by atoms with E-state index in [1.165, 1.54) is 32.1 Å². The lowest BCUT2D eigenvalue weighted by molar-refractivity contribution is -0.146. The molecule has 0 amide bonds. The van der Waals surface area contributed by atoms with Gasteiger partial charge in [0.15, 0.2) is 0 Å². The van der Waals surface area contributed by atoms with Gasteiger partial charge in [0.25, 0.3) is 0 Å². The summed E-state index contributed by atoms with van der Waals surface area (Å²) in [4.78, 5) is 22.6. The molecule has 3 heteroatoms. The van der Waals surface area contributed by atoms with E-state index < -0.39 is 5.97 Å². The van der Waals surface area contributed by atoms with E-state index in [1.54, 1.807) is 0 Å². The molecule has 0 aromatic carbocycles. The highest BCUT2D eigenvalue weighted by Gasteiger charge is 2.50. The molecule has 0 atom stereocenters. The molecule has 0 unspecified atom stereocenters. The van der Waals surface area contributed by atoms with Gasteiger partial charge < -0.3 is 5.11 Å². The molecular formula is C13H18O3. The number of carboxylic acids is 1. The van der Waals surface area contributed by atoms with Gasteiger partial charge in [-0.05, 0) is 55.8 Å². The number of rotatable bonds is 3. The second kappa shape index (κ2) is 3.57. The van der Waals surface area contributed by atoms with Crippen molar-refractivity contribution < 1.29 is 14.7 Å². The predicted molar refractivity (Wildman–Crippen MR) is 57.8 cm³/mol. The van der Waals surface area contributed by atoms with Crippen LogP contribution in [0.4, 0.5) is 0 Å². The Morgan fingerprint density at radius 2 is 1.44 bits per heavy atom. The fraction of sp³-hybridized carbons (Fsp3) is 0.846. The van der Waals surface area contributed by atoms with Gasteiger partial charge in [-0.15, -0.1) is 0 Å². The van der Waals surface area contributed by atoms with E-state index in [1.807, 2.05) is 0 Å². The molecule has 4 aliphatic rings. The molecule has 88 valence electrons. The van der Waals surface area contributed by atoms with Crippen LogP contribution in [0.3, 0.4) is 0 Å². The summed E-state index contributed by atoms with van der Waals surface area (Å²) in [6.07, 6.45) is 5.85. The quantitative estimate of drug-likeness (QED) is 0.744. The number of Topliss-reactive ketones (excluding diaryl/α,β-unsaturated/α-hetero) is 1. The number of carbonyl (C=O) groups excluding carboxylic acids is 1. The summed E-state index contributed by atoms with van der Waals surface area (Å²) in [5.74, 6) is 1.85. The van der Waals surface area contributed by atoms with Crippen molar-refractivity contribution in [2.45, 2.75) is 38.5 Å². The summed E-state index contributed by atoms with van der Waals surface area (Å²) < 4.78 is 0. The Bertz CT molecular complexity index is 306. The lowest BCUT2D eigenvalue weighted by Gasteiger charge is -2.53. The van der Waals surface area contributed by atoms with Crippen molar-refractivity contribution in [1.29, 1.82) is 0 Å². The first-order chi connectivity index (χ1) is 7.63. The number of ketones is 1. The van der Waals surface area contributed by atoms with Gasteiger partial charge in [-0.25, -0.2) is 0 Å². The van der Waals surface area contributed by atoms with Crippen molar-refractivity contribution in [1.82, 2.24) is 0 Å². The molecule has 0 aromatic rings. The molecule has 4 bridgehead atoms. The van der Waals surface area contributed by atoms with Crippen LogP contribution in [0, 0.1) is 29.6 Å². The molecule has 0 radical (unpaired) electrons. The fourth-order valence-corrected chi connectivity index (χ4v) is 4.72. The predicted octanol–water partition coefficient (Wildman–Crippen LogP) is 2.10. The maximum absolute atomic E-state index is 12.0. The highest BCUT2D eigenvalue weighted by atomic mass is 16.4. The summed E-state index contributed by atoms with van der Waals surface area (Å²) in [7, 11) is 0. The molecule has 16 heavy (non-hydrogen) atoms. The number of carbonyl (C=O) groups is 2. The van der Waals surface area contributed by atoms with E-state index in [-0.39, 0.29) is 18.1 Å². The van der Waals surface area contributed by atoms with Gasteiger partial charge in [-0.3, -0.25) is 9.59 Å². The highest BCUT2D eigenvalue weighted by molar-refractivity contribution is 5.96. The Balaban J connectivity index is 1.76. The molecule has 0 aliphatic heterocycles. The van der Waals surface area contributed by atoms with Crippen LogP contribution in [0.15, 0.2) is 0 Å². The minimum absolute atomic E-state index is 0.00120. The van der Waals surface area contributed by atoms with Crippen molar-refractivity contribution in [3.8, 4) is 0 Å². The van der Waals surface area contributed by atoms with Crippen molar-refractivity contribution in [2.24, 2.45) is 29.6 Å². The first-order valence-corrected chi connectivity index (χ1v) is 6.38. The van der Waals surface area contributed by atoms with Crippen molar-refractivity contribution in [2.75, 3.05) is 0 Å². The van der Waals surface area contributed by atoms with Crippen LogP contribution in [0.1, 0.15) is 38.5 Å². The third-order valence-corrected chi connectivity index (χ3v) is 4.92. The van der Waals surface area contributed by atoms with Crippen molar-refractivity contribution >= 4 is 11.8 Å². The van der Waals surface area contributed by atoms with Crippen LogP contribution in [-0.4, -0.2) is 16.9 Å². The average molecular weight is 222 g/mol. The molecule has 1 N–H and O–H groups in total. The zero-order valence-corrected chi connectivity index (χ0v) is 9.39. The standard InChI is InChI=1S/C13H18O3/c14-11(6-12(15)16)13-9-2-7-1-8(4-9)5-10(13)3-7/h7-10,13H,1-6H2,(H,15,16). The second-order valence-electron chi connectivity index (χ2n) is 5.99. The summed E-state index contributed by atoms with van der Waals surface area (Å²) in [6.45, 7) is 0. The van der Waals surface area contributed by atoms with Crippen LogP contribution in [0.2, 0.25) is 0 Å². The van der Waals surface area contributed by atoms with Gasteiger partial charge in [-0.2, -0.15) is 0 Å². The monoisotopic (exact) mass is 222 g/mol. The Morgan fingerprint density at radius 1 is 0.938 bits per heavy atom. The highest BCUT2D eigenvalue weighted by Crippen LogP contribution is 2.56. The minimum Gasteiger partial charge on any atom is -0.481 e. The van der Waals surface area contributed by atoms with E-state index in [4.69, 9.17) is 5.11 Å². The SMILES string of the molecule is O=C(O)CC(=O)C1C2CC3CC(C2)CC1C3. The Kier molecular flexibility index (Phi) is 2.30. The average Bonchev–Trinajstić information content (AvgIpc) is 2.13. The van der Waals surface area contributed by atoms with E-state index >= 15 is 0 Å². The van der Waals surface area contributed by atoms with Gasteiger partial charge in [0.1, 0.15) is 12.2 Å². The maximum atomic E-state index is 12.0. The smallest absolute Gasteiger partial charge is 0.310 e. The third-order valence-electron chi connectivity index (χ3n) is 4.92. The molecule has 4 saturated carbocycles. The zero-order valence-electron chi connectivity index (χ0n) is 9.39. The van der Waals surface area contributed by atoms with Crippen molar-refractivity contribution in [3.63, 3.8) is 0 Å². The molecule has 3 nitrogen and oxygen atoms in total. The van der Waals surface area contributed by atoms with E-state index in [9.17, 15) is 9.59 Å². The van der Waals surface area contributed by atoms with E-state index in [0.717, 1.165) is 11.8 Å². The number of hydrogen-bond acceptors (Lipinski definition) is 2. The van der Waals surface area contributed by atoms with Gasteiger partial charge in [0.2, 0.25) is 0 Å². The van der Waals surface area contributed by atoms with E-state index in [0.29, 0.717) is 11.8 Å². The van der Waals surface area contributed by atoms with Gasteiger partial charge in [0, 0.05) is 5.92 Å². The van der Waals surface area contributed by atoms with Crippen molar-refractivity contribution in [3.05, 3.63) is 0 Å². The molecule has 0 spiro atoms.